The van der Waals surface area contributed by atoms with Gasteiger partial charge < -0.3 is 5.32 Å². The van der Waals surface area contributed by atoms with Gasteiger partial charge in [0.05, 0.1) is 5.69 Å². The molecular formula is C17H31N3. The number of aromatic nitrogens is 2. The Balaban J connectivity index is 2.00. The zero-order valence-electron chi connectivity index (χ0n) is 13.7. The minimum atomic E-state index is 0.615. The van der Waals surface area contributed by atoms with E-state index in [1.54, 1.807) is 0 Å². The van der Waals surface area contributed by atoms with E-state index in [-0.39, 0.29) is 0 Å². The number of aryl methyl sites for hydroxylation is 2. The number of hydrogen-bond acceptors (Lipinski definition) is 2. The molecule has 1 saturated carbocycles. The van der Waals surface area contributed by atoms with Gasteiger partial charge in [-0.2, -0.15) is 5.10 Å². The second kappa shape index (κ2) is 7.26. The summed E-state index contributed by atoms with van der Waals surface area (Å²) in [6.07, 6.45) is 9.67. The van der Waals surface area contributed by atoms with Gasteiger partial charge in [0.2, 0.25) is 0 Å². The van der Waals surface area contributed by atoms with Crippen molar-refractivity contribution in [2.45, 2.75) is 71.8 Å². The molecule has 0 aliphatic heterocycles. The fourth-order valence-electron chi connectivity index (χ4n) is 3.71. The lowest BCUT2D eigenvalue weighted by Crippen LogP contribution is -2.33. The van der Waals surface area contributed by atoms with Crippen molar-refractivity contribution in [1.29, 1.82) is 0 Å². The third kappa shape index (κ3) is 3.85. The van der Waals surface area contributed by atoms with Crippen LogP contribution in [0.4, 0.5) is 0 Å². The van der Waals surface area contributed by atoms with Crippen LogP contribution < -0.4 is 5.32 Å². The van der Waals surface area contributed by atoms with E-state index >= 15 is 0 Å². The molecule has 1 aliphatic carbocycles. The molecule has 114 valence electrons. The van der Waals surface area contributed by atoms with Crippen molar-refractivity contribution in [3.05, 3.63) is 17.0 Å². The number of hydrogen-bond donors (Lipinski definition) is 1. The highest BCUT2D eigenvalue weighted by molar-refractivity contribution is 5.25. The lowest BCUT2D eigenvalue weighted by atomic mass is 9.83. The topological polar surface area (TPSA) is 29.9 Å². The van der Waals surface area contributed by atoms with Crippen molar-refractivity contribution in [1.82, 2.24) is 15.1 Å². The van der Waals surface area contributed by atoms with Gasteiger partial charge in [0.25, 0.3) is 0 Å². The molecule has 0 radical (unpaired) electrons. The molecular weight excluding hydrogens is 246 g/mol. The molecule has 0 bridgehead atoms. The summed E-state index contributed by atoms with van der Waals surface area (Å²) in [6, 6.07) is 0.615. The first-order chi connectivity index (χ1) is 9.61. The number of rotatable bonds is 6. The molecule has 2 rings (SSSR count). The first-order valence-corrected chi connectivity index (χ1v) is 8.34. The summed E-state index contributed by atoms with van der Waals surface area (Å²) in [7, 11) is 2.05. The third-order valence-corrected chi connectivity index (χ3v) is 4.94. The van der Waals surface area contributed by atoms with Gasteiger partial charge in [-0.25, -0.2) is 0 Å². The molecule has 1 aromatic rings. The van der Waals surface area contributed by atoms with Gasteiger partial charge in [-0.1, -0.05) is 39.0 Å². The molecule has 20 heavy (non-hydrogen) atoms. The normalized spacial score (nSPS) is 18.4. The number of nitrogens with zero attached hydrogens (tertiary/aromatic N) is 2. The summed E-state index contributed by atoms with van der Waals surface area (Å²) in [4.78, 5) is 0. The van der Waals surface area contributed by atoms with Crippen LogP contribution in [0, 0.1) is 19.8 Å². The van der Waals surface area contributed by atoms with Gasteiger partial charge in [0.15, 0.2) is 0 Å². The highest BCUT2D eigenvalue weighted by atomic mass is 15.3. The van der Waals surface area contributed by atoms with E-state index in [2.05, 4.69) is 38.2 Å². The van der Waals surface area contributed by atoms with E-state index in [9.17, 15) is 0 Å². The van der Waals surface area contributed by atoms with Gasteiger partial charge in [-0.15, -0.1) is 0 Å². The molecule has 3 nitrogen and oxygen atoms in total. The maximum Gasteiger partial charge on any atom is 0.0628 e. The Hall–Kier alpha value is -0.830. The monoisotopic (exact) mass is 277 g/mol. The summed E-state index contributed by atoms with van der Waals surface area (Å²) in [6.45, 7) is 7.62. The Morgan fingerprint density at radius 2 is 1.95 bits per heavy atom. The van der Waals surface area contributed by atoms with E-state index in [0.717, 1.165) is 18.9 Å². The summed E-state index contributed by atoms with van der Waals surface area (Å²) in [5.41, 5.74) is 3.99. The van der Waals surface area contributed by atoms with Crippen LogP contribution >= 0.6 is 0 Å². The molecule has 1 atom stereocenters. The van der Waals surface area contributed by atoms with E-state index in [1.165, 1.54) is 55.5 Å². The van der Waals surface area contributed by atoms with E-state index < -0.39 is 0 Å². The highest BCUT2D eigenvalue weighted by Gasteiger charge is 2.21. The summed E-state index contributed by atoms with van der Waals surface area (Å²) >= 11 is 0. The highest BCUT2D eigenvalue weighted by Crippen LogP contribution is 2.28. The van der Waals surface area contributed by atoms with Crippen molar-refractivity contribution >= 4 is 0 Å². The molecule has 1 aromatic heterocycles. The number of nitrogens with one attached hydrogen (secondary N) is 1. The Bertz CT molecular complexity index is 416. The molecule has 0 saturated heterocycles. The van der Waals surface area contributed by atoms with E-state index in [4.69, 9.17) is 0 Å². The molecule has 0 spiro atoms. The molecule has 0 amide bonds. The Morgan fingerprint density at radius 1 is 1.25 bits per heavy atom. The zero-order chi connectivity index (χ0) is 14.5. The van der Waals surface area contributed by atoms with E-state index in [0.29, 0.717) is 6.04 Å². The number of likely N-dealkylation sites (N-methyl/N-ethyl adjacent to an activating group) is 1. The second-order valence-corrected chi connectivity index (χ2v) is 6.47. The predicted octanol–water partition coefficient (Wildman–Crippen LogP) is 3.53. The van der Waals surface area contributed by atoms with Crippen LogP contribution in [0.3, 0.4) is 0 Å². The summed E-state index contributed by atoms with van der Waals surface area (Å²) in [5.74, 6) is 0.935. The molecule has 1 aliphatic rings. The van der Waals surface area contributed by atoms with Crippen LogP contribution in [0.2, 0.25) is 0 Å². The standard InChI is InChI=1S/C17H31N3/c1-5-18-16(11-15-9-7-6-8-10-15)12-17-13(2)19-20(4)14(17)3/h15-16,18H,5-12H2,1-4H3. The van der Waals surface area contributed by atoms with Crippen molar-refractivity contribution in [2.24, 2.45) is 13.0 Å². The first-order valence-electron chi connectivity index (χ1n) is 8.34. The maximum absolute atomic E-state index is 4.56. The molecule has 0 aromatic carbocycles. The quantitative estimate of drug-likeness (QED) is 0.862. The van der Waals surface area contributed by atoms with Crippen LogP contribution in [-0.2, 0) is 13.5 Å². The molecule has 1 heterocycles. The first kappa shape index (κ1) is 15.6. The molecule has 1 unspecified atom stereocenters. The lowest BCUT2D eigenvalue weighted by molar-refractivity contribution is 0.298. The van der Waals surface area contributed by atoms with E-state index in [1.807, 2.05) is 4.68 Å². The van der Waals surface area contributed by atoms with Crippen LogP contribution in [-0.4, -0.2) is 22.4 Å². The lowest BCUT2D eigenvalue weighted by Gasteiger charge is -2.27. The fraction of sp³-hybridized carbons (Fsp3) is 0.824. The third-order valence-electron chi connectivity index (χ3n) is 4.94. The van der Waals surface area contributed by atoms with Crippen molar-refractivity contribution in [3.8, 4) is 0 Å². The van der Waals surface area contributed by atoms with Crippen molar-refractivity contribution < 1.29 is 0 Å². The van der Waals surface area contributed by atoms with Gasteiger partial charge in [-0.3, -0.25) is 4.68 Å². The SMILES string of the molecule is CCNC(Cc1c(C)nn(C)c1C)CC1CCCCC1. The van der Waals surface area contributed by atoms with Crippen LogP contribution in [0.1, 0.15) is 62.4 Å². The van der Waals surface area contributed by atoms with Gasteiger partial charge in [0, 0.05) is 18.8 Å². The molecule has 1 fully saturated rings. The fourth-order valence-corrected chi connectivity index (χ4v) is 3.71. The molecule has 1 N–H and O–H groups in total. The van der Waals surface area contributed by atoms with Gasteiger partial charge in [0.1, 0.15) is 0 Å². The van der Waals surface area contributed by atoms with Gasteiger partial charge in [-0.05, 0) is 44.7 Å². The van der Waals surface area contributed by atoms with Crippen LogP contribution in [0.25, 0.3) is 0 Å². The smallest absolute Gasteiger partial charge is 0.0628 e. The Labute approximate surface area is 124 Å². The average Bonchev–Trinajstić information content (AvgIpc) is 2.67. The minimum Gasteiger partial charge on any atom is -0.314 e. The van der Waals surface area contributed by atoms with Crippen molar-refractivity contribution in [2.75, 3.05) is 6.54 Å². The zero-order valence-corrected chi connectivity index (χ0v) is 13.7. The largest absolute Gasteiger partial charge is 0.314 e. The van der Waals surface area contributed by atoms with Crippen LogP contribution in [0.15, 0.2) is 0 Å². The second-order valence-electron chi connectivity index (χ2n) is 6.47. The Kier molecular flexibility index (Phi) is 5.64. The average molecular weight is 277 g/mol. The molecule has 3 heteroatoms. The minimum absolute atomic E-state index is 0.615. The van der Waals surface area contributed by atoms with Gasteiger partial charge >= 0.3 is 0 Å². The Morgan fingerprint density at radius 3 is 2.50 bits per heavy atom. The predicted molar refractivity (Wildman–Crippen MR) is 85.0 cm³/mol. The van der Waals surface area contributed by atoms with Crippen LogP contribution in [0.5, 0.6) is 0 Å². The maximum atomic E-state index is 4.56. The summed E-state index contributed by atoms with van der Waals surface area (Å²) < 4.78 is 2.02. The summed E-state index contributed by atoms with van der Waals surface area (Å²) in [5, 5.41) is 8.26. The van der Waals surface area contributed by atoms with Crippen molar-refractivity contribution in [3.63, 3.8) is 0 Å².